The van der Waals surface area contributed by atoms with Crippen molar-refractivity contribution in [3.05, 3.63) is 12.3 Å². The summed E-state index contributed by atoms with van der Waals surface area (Å²) in [4.78, 5) is 12.1. The first-order valence-electron chi connectivity index (χ1n) is 17.2. The largest absolute Gasteiger partial charge is 0.472 e. The van der Waals surface area contributed by atoms with E-state index in [1.54, 1.807) is 19.9 Å². The third-order valence-corrected chi connectivity index (χ3v) is 11.7. The highest BCUT2D eigenvalue weighted by Gasteiger charge is 2.74. The van der Waals surface area contributed by atoms with Gasteiger partial charge in [-0.05, 0) is 19.9 Å². The molecule has 0 amide bonds. The second kappa shape index (κ2) is 13.9. The third-order valence-electron chi connectivity index (χ3n) is 11.7. The molecular weight excluding hydrogens is 688 g/mol. The second-order valence-corrected chi connectivity index (χ2v) is 15.0. The molecule has 19 nitrogen and oxygen atoms in total. The number of epoxide rings is 1. The van der Waals surface area contributed by atoms with Crippen LogP contribution in [0.1, 0.15) is 33.6 Å². The minimum absolute atomic E-state index is 0.0232. The summed E-state index contributed by atoms with van der Waals surface area (Å²) in [6.07, 6.45) is -19.2. The van der Waals surface area contributed by atoms with E-state index in [1.807, 2.05) is 0 Å². The van der Waals surface area contributed by atoms with Crippen LogP contribution in [0.5, 0.6) is 0 Å². The molecule has 0 spiro atoms. The molecule has 5 heterocycles. The number of hydrogen-bond donors (Lipinski definition) is 9. The quantitative estimate of drug-likeness (QED) is 0.0799. The first-order valence-corrected chi connectivity index (χ1v) is 17.2. The van der Waals surface area contributed by atoms with Crippen molar-refractivity contribution >= 4 is 5.97 Å². The molecular formula is C32H48O19. The molecule has 0 aromatic heterocycles. The third kappa shape index (κ3) is 6.41. The van der Waals surface area contributed by atoms with Crippen LogP contribution in [0.2, 0.25) is 0 Å². The monoisotopic (exact) mass is 736 g/mol. The van der Waals surface area contributed by atoms with Crippen LogP contribution in [0.15, 0.2) is 12.3 Å². The van der Waals surface area contributed by atoms with Gasteiger partial charge in [0.2, 0.25) is 6.29 Å². The van der Waals surface area contributed by atoms with Crippen molar-refractivity contribution in [2.45, 2.75) is 143 Å². The summed E-state index contributed by atoms with van der Waals surface area (Å²) in [7, 11) is 0. The van der Waals surface area contributed by atoms with Gasteiger partial charge in [0, 0.05) is 37.5 Å². The van der Waals surface area contributed by atoms with Gasteiger partial charge in [-0.3, -0.25) is 4.79 Å². The van der Waals surface area contributed by atoms with Crippen molar-refractivity contribution < 1.29 is 93.4 Å². The molecule has 290 valence electrons. The van der Waals surface area contributed by atoms with Gasteiger partial charge in [0.05, 0.1) is 37.6 Å². The molecule has 0 radical (unpaired) electrons. The number of ether oxygens (including phenoxy) is 9. The molecule has 2 saturated carbocycles. The Labute approximate surface area is 292 Å². The Morgan fingerprint density at radius 1 is 0.765 bits per heavy atom. The van der Waals surface area contributed by atoms with E-state index in [4.69, 9.17) is 42.6 Å². The molecule has 22 atom stereocenters. The predicted octanol–water partition coefficient (Wildman–Crippen LogP) is -4.33. The van der Waals surface area contributed by atoms with Crippen molar-refractivity contribution in [2.75, 3.05) is 13.2 Å². The fourth-order valence-corrected chi connectivity index (χ4v) is 9.09. The minimum atomic E-state index is -1.77. The summed E-state index contributed by atoms with van der Waals surface area (Å²) in [6.45, 7) is 3.21. The van der Waals surface area contributed by atoms with Crippen LogP contribution in [-0.4, -0.2) is 175 Å². The van der Waals surface area contributed by atoms with Crippen molar-refractivity contribution in [3.63, 3.8) is 0 Å². The van der Waals surface area contributed by atoms with E-state index in [0.717, 1.165) is 0 Å². The summed E-state index contributed by atoms with van der Waals surface area (Å²) in [6, 6.07) is 0. The lowest BCUT2D eigenvalue weighted by Gasteiger charge is -2.48. The van der Waals surface area contributed by atoms with Gasteiger partial charge in [0.1, 0.15) is 66.1 Å². The molecule has 4 unspecified atom stereocenters. The Morgan fingerprint density at radius 2 is 1.41 bits per heavy atom. The highest BCUT2D eigenvalue weighted by Crippen LogP contribution is 2.61. The zero-order chi connectivity index (χ0) is 36.7. The van der Waals surface area contributed by atoms with Crippen LogP contribution < -0.4 is 0 Å². The number of hydrogen-bond acceptors (Lipinski definition) is 19. The average molecular weight is 737 g/mol. The minimum Gasteiger partial charge on any atom is -0.472 e. The highest BCUT2D eigenvalue weighted by molar-refractivity contribution is 5.66. The van der Waals surface area contributed by atoms with Gasteiger partial charge in [-0.2, -0.15) is 0 Å². The van der Waals surface area contributed by atoms with Crippen LogP contribution in [0, 0.1) is 23.7 Å². The number of carbonyl (C=O) groups is 1. The zero-order valence-corrected chi connectivity index (χ0v) is 28.1. The molecule has 19 heteroatoms. The number of aliphatic hydroxyl groups is 9. The molecule has 0 aromatic rings. The van der Waals surface area contributed by atoms with Crippen LogP contribution in [0.3, 0.4) is 0 Å². The number of aliphatic hydroxyl groups excluding tert-OH is 9. The van der Waals surface area contributed by atoms with E-state index in [2.05, 4.69) is 0 Å². The number of rotatable bonds is 9. The lowest BCUT2D eigenvalue weighted by atomic mass is 9.83. The molecule has 51 heavy (non-hydrogen) atoms. The predicted molar refractivity (Wildman–Crippen MR) is 160 cm³/mol. The molecule has 7 rings (SSSR count). The van der Waals surface area contributed by atoms with Crippen molar-refractivity contribution in [1.82, 2.24) is 0 Å². The first kappa shape index (κ1) is 37.7. The molecule has 5 aliphatic heterocycles. The summed E-state index contributed by atoms with van der Waals surface area (Å²) < 4.78 is 53.4. The van der Waals surface area contributed by atoms with E-state index < -0.39 is 153 Å². The van der Waals surface area contributed by atoms with Gasteiger partial charge in [0.15, 0.2) is 25.2 Å². The van der Waals surface area contributed by atoms with Gasteiger partial charge >= 0.3 is 5.97 Å². The highest BCUT2D eigenvalue weighted by atomic mass is 16.8. The maximum atomic E-state index is 12.1. The first-order chi connectivity index (χ1) is 24.1. The van der Waals surface area contributed by atoms with Gasteiger partial charge in [-0.15, -0.1) is 0 Å². The molecule has 0 bridgehead atoms. The van der Waals surface area contributed by atoms with E-state index in [0.29, 0.717) is 0 Å². The van der Waals surface area contributed by atoms with E-state index in [1.165, 1.54) is 13.2 Å². The molecule has 6 fully saturated rings. The summed E-state index contributed by atoms with van der Waals surface area (Å²) in [5.41, 5.74) is -2.14. The van der Waals surface area contributed by atoms with Crippen LogP contribution in [0.4, 0.5) is 0 Å². The standard InChI is InChI=1S/C32H48O19/c1-10(35)50-31(2)7-13(36)11-4-5-43-27(17(11)31)48-30-25(23(41)21(39)15(9-34)45-30)46-16-6-12-18(32(3)26(51-32)19(12)37)28(47-16)49-29-24(42)22(40)20(38)14(8-33)44-29/h4-5,11-30,33-34,36-42H,6-9H2,1-3H3/t11?,12?,13-,14+,15+,16+,17?,18?,19-,20+,21+,22-,23-,24+,25+,26-,27+,28-,29-,30-,31-,32+/m0/s1. The van der Waals surface area contributed by atoms with Crippen molar-refractivity contribution in [1.29, 1.82) is 0 Å². The second-order valence-electron chi connectivity index (χ2n) is 15.0. The number of fused-ring (bicyclic) bond motifs is 4. The number of carbonyl (C=O) groups excluding carboxylic acids is 1. The summed E-state index contributed by atoms with van der Waals surface area (Å²) >= 11 is 0. The van der Waals surface area contributed by atoms with Crippen LogP contribution >= 0.6 is 0 Å². The van der Waals surface area contributed by atoms with Gasteiger partial charge < -0.3 is 88.6 Å². The Hall–Kier alpha value is -1.63. The average Bonchev–Trinajstić information content (AvgIpc) is 3.64. The fraction of sp³-hybridized carbons (Fsp3) is 0.906. The Kier molecular flexibility index (Phi) is 10.3. The summed E-state index contributed by atoms with van der Waals surface area (Å²) in [5, 5.41) is 95.1. The van der Waals surface area contributed by atoms with Crippen LogP contribution in [-0.2, 0) is 47.4 Å². The molecule has 4 saturated heterocycles. The van der Waals surface area contributed by atoms with E-state index >= 15 is 0 Å². The van der Waals surface area contributed by atoms with E-state index in [9.17, 15) is 50.8 Å². The summed E-state index contributed by atoms with van der Waals surface area (Å²) in [5.74, 6) is -3.15. The maximum Gasteiger partial charge on any atom is 0.303 e. The topological polar surface area (TPSA) is 286 Å². The smallest absolute Gasteiger partial charge is 0.303 e. The fourth-order valence-electron chi connectivity index (χ4n) is 9.09. The normalized spacial score (nSPS) is 56.1. The molecule has 0 aromatic carbocycles. The van der Waals surface area contributed by atoms with Gasteiger partial charge in [0.25, 0.3) is 0 Å². The zero-order valence-electron chi connectivity index (χ0n) is 28.1. The maximum absolute atomic E-state index is 12.1. The molecule has 9 N–H and O–H groups in total. The lowest BCUT2D eigenvalue weighted by molar-refractivity contribution is -0.405. The SMILES string of the molecule is CC(=O)O[C@@]1(C)C[C@H](O)C2C=CO[C@H](O[C@@H]3O[C@H](CO)[C@@H](O)[C@H](O)[C@H]3O[C@H]3CC4C([C@H](O[C@@H]5O[C@H](CO)[C@@H](O)[C@H](O)[C@H]5O)O3)[C@@]3(C)O[C@H]3[C@H]4O)C21. The van der Waals surface area contributed by atoms with Crippen LogP contribution in [0.25, 0.3) is 0 Å². The Balaban J connectivity index is 1.14. The van der Waals surface area contributed by atoms with Gasteiger partial charge in [-0.25, -0.2) is 0 Å². The van der Waals surface area contributed by atoms with Crippen molar-refractivity contribution in [2.24, 2.45) is 23.7 Å². The Morgan fingerprint density at radius 3 is 2.08 bits per heavy atom. The Bertz CT molecular complexity index is 1300. The van der Waals surface area contributed by atoms with Crippen molar-refractivity contribution in [3.8, 4) is 0 Å². The van der Waals surface area contributed by atoms with Gasteiger partial charge in [-0.1, -0.05) is 0 Å². The lowest BCUT2D eigenvalue weighted by Crippen LogP contribution is -2.63. The van der Waals surface area contributed by atoms with E-state index in [-0.39, 0.29) is 12.8 Å². The molecule has 2 aliphatic carbocycles. The number of esters is 1. The molecule has 7 aliphatic rings.